The lowest BCUT2D eigenvalue weighted by molar-refractivity contribution is 0.443. The SMILES string of the molecule is Cc1ccc(F)c(C)c1C1(CN)CCCC1. The first-order chi connectivity index (χ1) is 7.60. The molecule has 0 atom stereocenters. The number of nitrogens with two attached hydrogens (primary N) is 1. The second kappa shape index (κ2) is 4.17. The molecule has 2 rings (SSSR count). The average molecular weight is 221 g/mol. The number of hydrogen-bond acceptors (Lipinski definition) is 1. The fourth-order valence-electron chi connectivity index (χ4n) is 3.25. The van der Waals surface area contributed by atoms with Gasteiger partial charge in [-0.25, -0.2) is 4.39 Å². The Morgan fingerprint density at radius 1 is 1.25 bits per heavy atom. The van der Waals surface area contributed by atoms with Crippen molar-refractivity contribution in [1.29, 1.82) is 0 Å². The molecule has 1 fully saturated rings. The Balaban J connectivity index is 2.57. The van der Waals surface area contributed by atoms with Crippen LogP contribution in [0.2, 0.25) is 0 Å². The van der Waals surface area contributed by atoms with Crippen molar-refractivity contribution in [2.24, 2.45) is 5.73 Å². The molecule has 0 amide bonds. The predicted molar refractivity (Wildman–Crippen MR) is 65.1 cm³/mol. The van der Waals surface area contributed by atoms with Gasteiger partial charge in [-0.1, -0.05) is 18.9 Å². The molecular formula is C14H20FN. The summed E-state index contributed by atoms with van der Waals surface area (Å²) in [4.78, 5) is 0. The van der Waals surface area contributed by atoms with E-state index in [0.29, 0.717) is 6.54 Å². The van der Waals surface area contributed by atoms with Crippen molar-refractivity contribution in [2.75, 3.05) is 6.54 Å². The van der Waals surface area contributed by atoms with Crippen molar-refractivity contribution < 1.29 is 4.39 Å². The third kappa shape index (κ3) is 1.65. The molecule has 0 unspecified atom stereocenters. The predicted octanol–water partition coefficient (Wildman–Crippen LogP) is 3.21. The molecule has 1 aliphatic rings. The van der Waals surface area contributed by atoms with E-state index in [1.165, 1.54) is 24.0 Å². The smallest absolute Gasteiger partial charge is 0.126 e. The molecule has 1 nitrogen and oxygen atoms in total. The van der Waals surface area contributed by atoms with E-state index in [0.717, 1.165) is 18.4 Å². The van der Waals surface area contributed by atoms with E-state index in [1.54, 1.807) is 6.07 Å². The minimum Gasteiger partial charge on any atom is -0.330 e. The quantitative estimate of drug-likeness (QED) is 0.815. The summed E-state index contributed by atoms with van der Waals surface area (Å²) in [5, 5.41) is 0. The highest BCUT2D eigenvalue weighted by Gasteiger charge is 2.36. The van der Waals surface area contributed by atoms with Crippen molar-refractivity contribution in [3.8, 4) is 0 Å². The summed E-state index contributed by atoms with van der Waals surface area (Å²) in [5.41, 5.74) is 9.16. The average Bonchev–Trinajstić information content (AvgIpc) is 2.74. The Morgan fingerprint density at radius 2 is 1.88 bits per heavy atom. The van der Waals surface area contributed by atoms with E-state index in [4.69, 9.17) is 5.73 Å². The van der Waals surface area contributed by atoms with Crippen molar-refractivity contribution >= 4 is 0 Å². The summed E-state index contributed by atoms with van der Waals surface area (Å²) in [6.07, 6.45) is 4.64. The van der Waals surface area contributed by atoms with Crippen molar-refractivity contribution in [2.45, 2.75) is 44.9 Å². The molecule has 1 aromatic rings. The standard InChI is InChI=1S/C14H20FN/c1-10-5-6-12(15)11(2)13(10)14(9-16)7-3-4-8-14/h5-6H,3-4,7-9,16H2,1-2H3. The van der Waals surface area contributed by atoms with Crippen molar-refractivity contribution in [3.63, 3.8) is 0 Å². The van der Waals surface area contributed by atoms with E-state index in [1.807, 2.05) is 13.0 Å². The van der Waals surface area contributed by atoms with Gasteiger partial charge in [0, 0.05) is 12.0 Å². The van der Waals surface area contributed by atoms with Gasteiger partial charge in [-0.2, -0.15) is 0 Å². The molecule has 1 aromatic carbocycles. The van der Waals surface area contributed by atoms with Gasteiger partial charge >= 0.3 is 0 Å². The monoisotopic (exact) mass is 221 g/mol. The van der Waals surface area contributed by atoms with Gasteiger partial charge in [0.15, 0.2) is 0 Å². The zero-order valence-corrected chi connectivity index (χ0v) is 10.1. The summed E-state index contributed by atoms with van der Waals surface area (Å²) < 4.78 is 13.7. The first-order valence-electron chi connectivity index (χ1n) is 6.07. The third-order valence-corrected chi connectivity index (χ3v) is 4.09. The van der Waals surface area contributed by atoms with Gasteiger partial charge in [0.1, 0.15) is 5.82 Å². The summed E-state index contributed by atoms with van der Waals surface area (Å²) in [6.45, 7) is 4.59. The summed E-state index contributed by atoms with van der Waals surface area (Å²) >= 11 is 0. The lowest BCUT2D eigenvalue weighted by atomic mass is 9.75. The van der Waals surface area contributed by atoms with Crippen LogP contribution in [0, 0.1) is 19.7 Å². The van der Waals surface area contributed by atoms with E-state index < -0.39 is 0 Å². The van der Waals surface area contributed by atoms with Crippen molar-refractivity contribution in [1.82, 2.24) is 0 Å². The molecule has 0 heterocycles. The maximum Gasteiger partial charge on any atom is 0.126 e. The highest BCUT2D eigenvalue weighted by atomic mass is 19.1. The van der Waals surface area contributed by atoms with Crippen LogP contribution in [0.5, 0.6) is 0 Å². The lowest BCUT2D eigenvalue weighted by Crippen LogP contribution is -2.33. The van der Waals surface area contributed by atoms with Crippen LogP contribution in [0.15, 0.2) is 12.1 Å². The topological polar surface area (TPSA) is 26.0 Å². The lowest BCUT2D eigenvalue weighted by Gasteiger charge is -2.31. The minimum absolute atomic E-state index is 0.0380. The van der Waals surface area contributed by atoms with E-state index >= 15 is 0 Å². The summed E-state index contributed by atoms with van der Waals surface area (Å²) in [6, 6.07) is 3.45. The number of halogens is 1. The number of rotatable bonds is 2. The fourth-order valence-corrected chi connectivity index (χ4v) is 3.25. The molecule has 0 aromatic heterocycles. The molecule has 0 radical (unpaired) electrons. The molecule has 0 saturated heterocycles. The van der Waals surface area contributed by atoms with Crippen LogP contribution in [0.4, 0.5) is 4.39 Å². The number of benzene rings is 1. The van der Waals surface area contributed by atoms with Crippen LogP contribution in [-0.4, -0.2) is 6.54 Å². The van der Waals surface area contributed by atoms with Gasteiger partial charge in [-0.3, -0.25) is 0 Å². The molecule has 0 spiro atoms. The second-order valence-corrected chi connectivity index (χ2v) is 5.06. The molecule has 0 aliphatic heterocycles. The van der Waals surface area contributed by atoms with Gasteiger partial charge in [-0.05, 0) is 49.4 Å². The Bertz CT molecular complexity index is 392. The van der Waals surface area contributed by atoms with E-state index in [9.17, 15) is 4.39 Å². The van der Waals surface area contributed by atoms with Gasteiger partial charge in [-0.15, -0.1) is 0 Å². The van der Waals surface area contributed by atoms with Crippen LogP contribution >= 0.6 is 0 Å². The van der Waals surface area contributed by atoms with E-state index in [-0.39, 0.29) is 11.2 Å². The number of hydrogen-bond donors (Lipinski definition) is 1. The zero-order valence-electron chi connectivity index (χ0n) is 10.1. The maximum atomic E-state index is 13.7. The molecule has 0 bridgehead atoms. The van der Waals surface area contributed by atoms with Crippen LogP contribution in [0.25, 0.3) is 0 Å². The summed E-state index contributed by atoms with van der Waals surface area (Å²) in [5.74, 6) is -0.0969. The molecule has 2 N–H and O–H groups in total. The van der Waals surface area contributed by atoms with Crippen molar-refractivity contribution in [3.05, 3.63) is 34.6 Å². The molecule has 2 heteroatoms. The van der Waals surface area contributed by atoms with Gasteiger partial charge < -0.3 is 5.73 Å². The largest absolute Gasteiger partial charge is 0.330 e. The van der Waals surface area contributed by atoms with Gasteiger partial charge in [0.05, 0.1) is 0 Å². The zero-order chi connectivity index (χ0) is 11.8. The molecule has 88 valence electrons. The van der Waals surface area contributed by atoms with Crippen LogP contribution in [-0.2, 0) is 5.41 Å². The summed E-state index contributed by atoms with van der Waals surface area (Å²) in [7, 11) is 0. The third-order valence-electron chi connectivity index (χ3n) is 4.09. The highest BCUT2D eigenvalue weighted by molar-refractivity contribution is 5.41. The molecule has 1 saturated carbocycles. The van der Waals surface area contributed by atoms with Gasteiger partial charge in [0.25, 0.3) is 0 Å². The fraction of sp³-hybridized carbons (Fsp3) is 0.571. The second-order valence-electron chi connectivity index (χ2n) is 5.06. The normalized spacial score (nSPS) is 19.0. The molecular weight excluding hydrogens is 201 g/mol. The Labute approximate surface area is 96.9 Å². The van der Waals surface area contributed by atoms with Crippen LogP contribution < -0.4 is 5.73 Å². The van der Waals surface area contributed by atoms with E-state index in [2.05, 4.69) is 6.92 Å². The Hall–Kier alpha value is -0.890. The maximum absolute atomic E-state index is 13.7. The Kier molecular flexibility index (Phi) is 3.02. The minimum atomic E-state index is -0.0969. The molecule has 1 aliphatic carbocycles. The molecule has 16 heavy (non-hydrogen) atoms. The van der Waals surface area contributed by atoms with Crippen LogP contribution in [0.3, 0.4) is 0 Å². The Morgan fingerprint density at radius 3 is 2.44 bits per heavy atom. The van der Waals surface area contributed by atoms with Crippen LogP contribution in [0.1, 0.15) is 42.4 Å². The first-order valence-corrected chi connectivity index (χ1v) is 6.07. The first kappa shape index (κ1) is 11.6. The highest BCUT2D eigenvalue weighted by Crippen LogP contribution is 2.43. The van der Waals surface area contributed by atoms with Gasteiger partial charge in [0.2, 0.25) is 0 Å². The number of aryl methyl sites for hydroxylation is 1.